The quantitative estimate of drug-likeness (QED) is 0.400. The highest BCUT2D eigenvalue weighted by molar-refractivity contribution is 5.84. The molecule has 31 heavy (non-hydrogen) atoms. The molecule has 1 aromatic rings. The van der Waals surface area contributed by atoms with Crippen molar-refractivity contribution >= 4 is 11.9 Å². The van der Waals surface area contributed by atoms with E-state index in [9.17, 15) is 4.79 Å². The summed E-state index contributed by atoms with van der Waals surface area (Å²) in [5.74, 6) is 2.56. The molecule has 0 atom stereocenters. The summed E-state index contributed by atoms with van der Waals surface area (Å²) in [6, 6.07) is 3.88. The van der Waals surface area contributed by atoms with Gasteiger partial charge in [-0.3, -0.25) is 4.79 Å². The molecule has 0 bridgehead atoms. The van der Waals surface area contributed by atoms with Crippen molar-refractivity contribution in [2.24, 2.45) is 10.9 Å². The maximum absolute atomic E-state index is 12.0. The SMILES string of the molecule is COCCN(C)CCCC1CCN(C(=NCC(=O)N(C)C)NCCc2ccco2)CC1. The monoisotopic (exact) mass is 435 g/mol. The number of likely N-dealkylation sites (tertiary alicyclic amines) is 1. The van der Waals surface area contributed by atoms with Gasteiger partial charge in [0.25, 0.3) is 0 Å². The van der Waals surface area contributed by atoms with E-state index in [0.717, 1.165) is 63.4 Å². The third kappa shape index (κ3) is 9.74. The van der Waals surface area contributed by atoms with Gasteiger partial charge >= 0.3 is 0 Å². The Labute approximate surface area is 187 Å². The molecule has 1 aliphatic rings. The fraction of sp³-hybridized carbons (Fsp3) is 0.739. The van der Waals surface area contributed by atoms with E-state index in [-0.39, 0.29) is 12.5 Å². The number of nitrogens with one attached hydrogen (secondary N) is 1. The standard InChI is InChI=1S/C23H41N5O3/c1-26(2)22(29)19-25-23(24-12-9-21-8-6-17-31-21)28-14-10-20(11-15-28)7-5-13-27(3)16-18-30-4/h6,8,17,20H,5,7,9-16,18-19H2,1-4H3,(H,24,25). The van der Waals surface area contributed by atoms with Gasteiger partial charge in [-0.15, -0.1) is 0 Å². The molecule has 8 heteroatoms. The van der Waals surface area contributed by atoms with E-state index in [4.69, 9.17) is 9.15 Å². The van der Waals surface area contributed by atoms with Gasteiger partial charge in [0.05, 0.1) is 12.9 Å². The van der Waals surface area contributed by atoms with Crippen LogP contribution >= 0.6 is 0 Å². The number of aliphatic imine (C=N–C) groups is 1. The molecule has 0 aromatic carbocycles. The molecular formula is C23H41N5O3. The zero-order chi connectivity index (χ0) is 22.5. The Hall–Kier alpha value is -2.06. The van der Waals surface area contributed by atoms with E-state index in [1.165, 1.54) is 25.7 Å². The highest BCUT2D eigenvalue weighted by Gasteiger charge is 2.22. The lowest BCUT2D eigenvalue weighted by molar-refractivity contribution is -0.127. The van der Waals surface area contributed by atoms with Crippen molar-refractivity contribution < 1.29 is 13.9 Å². The van der Waals surface area contributed by atoms with Crippen molar-refractivity contribution in [2.75, 3.05) is 74.1 Å². The first-order valence-electron chi connectivity index (χ1n) is 11.4. The van der Waals surface area contributed by atoms with Crippen LogP contribution in [0, 0.1) is 5.92 Å². The van der Waals surface area contributed by atoms with Gasteiger partial charge in [-0.1, -0.05) is 0 Å². The highest BCUT2D eigenvalue weighted by atomic mass is 16.5. The first-order chi connectivity index (χ1) is 15.0. The largest absolute Gasteiger partial charge is 0.469 e. The predicted molar refractivity (Wildman–Crippen MR) is 124 cm³/mol. The van der Waals surface area contributed by atoms with Crippen LogP contribution in [0.25, 0.3) is 0 Å². The minimum Gasteiger partial charge on any atom is -0.469 e. The first kappa shape index (κ1) is 25.2. The molecule has 8 nitrogen and oxygen atoms in total. The Morgan fingerprint density at radius 1 is 1.29 bits per heavy atom. The fourth-order valence-corrected chi connectivity index (χ4v) is 3.75. The van der Waals surface area contributed by atoms with Crippen LogP contribution < -0.4 is 5.32 Å². The summed E-state index contributed by atoms with van der Waals surface area (Å²) in [5, 5.41) is 3.44. The number of hydrogen-bond donors (Lipinski definition) is 1. The van der Waals surface area contributed by atoms with Crippen molar-refractivity contribution in [3.63, 3.8) is 0 Å². The molecule has 0 unspecified atom stereocenters. The van der Waals surface area contributed by atoms with Crippen molar-refractivity contribution in [2.45, 2.75) is 32.1 Å². The highest BCUT2D eigenvalue weighted by Crippen LogP contribution is 2.22. The normalized spacial score (nSPS) is 15.5. The van der Waals surface area contributed by atoms with Crippen molar-refractivity contribution in [1.82, 2.24) is 20.0 Å². The number of rotatable bonds is 12. The number of furan rings is 1. The number of methoxy groups -OCH3 is 1. The molecule has 1 amide bonds. The van der Waals surface area contributed by atoms with E-state index in [2.05, 4.69) is 27.2 Å². The third-order valence-corrected chi connectivity index (χ3v) is 5.84. The maximum Gasteiger partial charge on any atom is 0.243 e. The van der Waals surface area contributed by atoms with Gasteiger partial charge in [-0.25, -0.2) is 4.99 Å². The van der Waals surface area contributed by atoms with E-state index in [1.54, 1.807) is 32.4 Å². The second kappa shape index (κ2) is 14.1. The fourth-order valence-electron chi connectivity index (χ4n) is 3.75. The number of nitrogens with zero attached hydrogens (tertiary/aromatic N) is 4. The van der Waals surface area contributed by atoms with Gasteiger partial charge in [0.2, 0.25) is 5.91 Å². The number of ether oxygens (including phenoxy) is 1. The van der Waals surface area contributed by atoms with Crippen LogP contribution in [-0.4, -0.2) is 101 Å². The minimum absolute atomic E-state index is 0.0119. The lowest BCUT2D eigenvalue weighted by Gasteiger charge is -2.34. The number of carbonyl (C=O) groups excluding carboxylic acids is 1. The number of amides is 1. The summed E-state index contributed by atoms with van der Waals surface area (Å²) >= 11 is 0. The summed E-state index contributed by atoms with van der Waals surface area (Å²) in [5.41, 5.74) is 0. The minimum atomic E-state index is 0.0119. The number of likely N-dealkylation sites (N-methyl/N-ethyl adjacent to an activating group) is 2. The maximum atomic E-state index is 12.0. The smallest absolute Gasteiger partial charge is 0.243 e. The predicted octanol–water partition coefficient (Wildman–Crippen LogP) is 1.93. The van der Waals surface area contributed by atoms with Crippen LogP contribution in [0.5, 0.6) is 0 Å². The average Bonchev–Trinajstić information content (AvgIpc) is 3.28. The molecular weight excluding hydrogens is 394 g/mol. The lowest BCUT2D eigenvalue weighted by Crippen LogP contribution is -2.46. The third-order valence-electron chi connectivity index (χ3n) is 5.84. The van der Waals surface area contributed by atoms with Crippen LogP contribution in [-0.2, 0) is 16.0 Å². The van der Waals surface area contributed by atoms with Crippen molar-refractivity contribution in [3.05, 3.63) is 24.2 Å². The number of hydrogen-bond acceptors (Lipinski definition) is 5. The molecule has 0 radical (unpaired) electrons. The molecule has 176 valence electrons. The van der Waals surface area contributed by atoms with Gasteiger partial charge < -0.3 is 29.2 Å². The molecule has 0 spiro atoms. The zero-order valence-corrected chi connectivity index (χ0v) is 19.8. The second-order valence-corrected chi connectivity index (χ2v) is 8.55. The van der Waals surface area contributed by atoms with Crippen LogP contribution in [0.3, 0.4) is 0 Å². The van der Waals surface area contributed by atoms with Gasteiger partial charge in [0, 0.05) is 53.8 Å². The Kier molecular flexibility index (Phi) is 11.5. The van der Waals surface area contributed by atoms with Gasteiger partial charge in [-0.2, -0.15) is 0 Å². The molecule has 1 saturated heterocycles. The summed E-state index contributed by atoms with van der Waals surface area (Å²) in [7, 11) is 7.44. The van der Waals surface area contributed by atoms with Crippen LogP contribution in [0.2, 0.25) is 0 Å². The van der Waals surface area contributed by atoms with Gasteiger partial charge in [-0.05, 0) is 57.3 Å². The lowest BCUT2D eigenvalue weighted by atomic mass is 9.92. The molecule has 1 fully saturated rings. The average molecular weight is 436 g/mol. The Morgan fingerprint density at radius 2 is 2.06 bits per heavy atom. The summed E-state index contributed by atoms with van der Waals surface area (Å²) in [4.78, 5) is 22.9. The molecule has 1 N–H and O–H groups in total. The molecule has 1 aromatic heterocycles. The number of carbonyl (C=O) groups is 1. The number of piperidine rings is 1. The van der Waals surface area contributed by atoms with Crippen LogP contribution in [0.15, 0.2) is 27.8 Å². The summed E-state index contributed by atoms with van der Waals surface area (Å²) in [6.07, 6.45) is 7.32. The second-order valence-electron chi connectivity index (χ2n) is 8.55. The topological polar surface area (TPSA) is 73.6 Å². The van der Waals surface area contributed by atoms with E-state index in [1.807, 2.05) is 12.1 Å². The Balaban J connectivity index is 1.79. The zero-order valence-electron chi connectivity index (χ0n) is 19.8. The van der Waals surface area contributed by atoms with Crippen LogP contribution in [0.1, 0.15) is 31.4 Å². The molecule has 2 heterocycles. The Bertz CT molecular complexity index is 640. The summed E-state index contributed by atoms with van der Waals surface area (Å²) < 4.78 is 10.6. The van der Waals surface area contributed by atoms with Gasteiger partial charge in [0.1, 0.15) is 12.3 Å². The molecule has 0 aliphatic carbocycles. The van der Waals surface area contributed by atoms with Crippen LogP contribution in [0.4, 0.5) is 0 Å². The molecule has 0 saturated carbocycles. The Morgan fingerprint density at radius 3 is 2.71 bits per heavy atom. The van der Waals surface area contributed by atoms with E-state index >= 15 is 0 Å². The first-order valence-corrected chi connectivity index (χ1v) is 11.4. The molecule has 2 rings (SSSR count). The number of guanidine groups is 1. The van der Waals surface area contributed by atoms with Gasteiger partial charge in [0.15, 0.2) is 5.96 Å². The van der Waals surface area contributed by atoms with Crippen molar-refractivity contribution in [1.29, 1.82) is 0 Å². The summed E-state index contributed by atoms with van der Waals surface area (Å²) in [6.45, 7) is 5.77. The molecule has 1 aliphatic heterocycles. The van der Waals surface area contributed by atoms with E-state index < -0.39 is 0 Å². The van der Waals surface area contributed by atoms with Crippen molar-refractivity contribution in [3.8, 4) is 0 Å². The van der Waals surface area contributed by atoms with E-state index in [0.29, 0.717) is 0 Å².